The Morgan fingerprint density at radius 1 is 1.00 bits per heavy atom. The Morgan fingerprint density at radius 2 is 1.61 bits per heavy atom. The van der Waals surface area contributed by atoms with Gasteiger partial charge in [0.25, 0.3) is 0 Å². The largest absolute Gasteiger partial charge is 0.294 e. The molecule has 0 aromatic heterocycles. The second-order valence-electron chi connectivity index (χ2n) is 7.04. The number of halogens is 3. The molecule has 28 heavy (non-hydrogen) atoms. The molecule has 0 saturated heterocycles. The van der Waals surface area contributed by atoms with Crippen molar-refractivity contribution in [3.63, 3.8) is 0 Å². The Hall–Kier alpha value is -2.41. The van der Waals surface area contributed by atoms with Crippen LogP contribution in [0.15, 0.2) is 47.4 Å². The number of carbonyl (C=O) groups is 1. The molecule has 3 rings (SSSR count). The van der Waals surface area contributed by atoms with Crippen LogP contribution in [-0.2, 0) is 14.6 Å². The van der Waals surface area contributed by atoms with E-state index in [1.807, 2.05) is 0 Å². The van der Waals surface area contributed by atoms with Gasteiger partial charge in [-0.05, 0) is 47.4 Å². The van der Waals surface area contributed by atoms with Gasteiger partial charge in [0.2, 0.25) is 0 Å². The van der Waals surface area contributed by atoms with Gasteiger partial charge in [0.05, 0.1) is 11.6 Å². The van der Waals surface area contributed by atoms with Crippen molar-refractivity contribution in [2.24, 2.45) is 5.41 Å². The fraction of sp³-hybridized carbons (Fsp3) is 0.286. The lowest BCUT2D eigenvalue weighted by molar-refractivity contribution is -0.114. The van der Waals surface area contributed by atoms with E-state index in [1.165, 1.54) is 30.3 Å². The first-order chi connectivity index (χ1) is 13.1. The van der Waals surface area contributed by atoms with Crippen molar-refractivity contribution in [3.05, 3.63) is 65.2 Å². The molecule has 1 atom stereocenters. The minimum atomic E-state index is -3.42. The Morgan fingerprint density at radius 3 is 2.11 bits per heavy atom. The molecular weight excluding hydrogens is 389 g/mol. The first kappa shape index (κ1) is 20.3. The van der Waals surface area contributed by atoms with E-state index >= 15 is 0 Å². The third-order valence-electron chi connectivity index (χ3n) is 5.27. The number of sulfone groups is 1. The van der Waals surface area contributed by atoms with Crippen molar-refractivity contribution in [1.82, 2.24) is 0 Å². The number of alkyl halides is 1. The third-order valence-corrected chi connectivity index (χ3v) is 6.40. The number of Topliss-reactive ketones (excluding diaryl/α,β-unsaturated/α-hetero) is 1. The molecular formula is C21H19F3O3S. The second-order valence-corrected chi connectivity index (χ2v) is 9.06. The van der Waals surface area contributed by atoms with Crippen LogP contribution in [-0.4, -0.2) is 27.1 Å². The normalized spacial score (nSPS) is 20.1. The van der Waals surface area contributed by atoms with Gasteiger partial charge < -0.3 is 0 Å². The van der Waals surface area contributed by atoms with Crippen molar-refractivity contribution >= 4 is 26.8 Å². The van der Waals surface area contributed by atoms with E-state index in [-0.39, 0.29) is 28.2 Å². The molecule has 1 unspecified atom stereocenters. The Kier molecular flexibility index (Phi) is 5.23. The molecule has 0 saturated carbocycles. The lowest BCUT2D eigenvalue weighted by atomic mass is 9.76. The lowest BCUT2D eigenvalue weighted by Gasteiger charge is -2.28. The van der Waals surface area contributed by atoms with E-state index in [4.69, 9.17) is 0 Å². The summed E-state index contributed by atoms with van der Waals surface area (Å²) in [5.41, 5.74) is 0.107. The van der Waals surface area contributed by atoms with Crippen molar-refractivity contribution in [2.45, 2.75) is 24.7 Å². The summed E-state index contributed by atoms with van der Waals surface area (Å²) < 4.78 is 64.7. The summed E-state index contributed by atoms with van der Waals surface area (Å²) in [7, 11) is -3.42. The number of hydrogen-bond acceptors (Lipinski definition) is 3. The van der Waals surface area contributed by atoms with Gasteiger partial charge >= 0.3 is 0 Å². The van der Waals surface area contributed by atoms with E-state index in [0.29, 0.717) is 17.6 Å². The maximum Gasteiger partial charge on any atom is 0.175 e. The number of allylic oxidation sites excluding steroid dienone is 2. The molecule has 1 aliphatic carbocycles. The summed E-state index contributed by atoms with van der Waals surface area (Å²) in [6, 6.07) is 8.97. The molecule has 0 radical (unpaired) electrons. The Labute approximate surface area is 161 Å². The van der Waals surface area contributed by atoms with Crippen LogP contribution in [0.4, 0.5) is 13.2 Å². The van der Waals surface area contributed by atoms with Gasteiger partial charge in [-0.1, -0.05) is 25.1 Å². The average Bonchev–Trinajstić information content (AvgIpc) is 2.96. The molecule has 0 spiro atoms. The minimum absolute atomic E-state index is 0.0858. The summed E-state index contributed by atoms with van der Waals surface area (Å²) in [6.07, 6.45) is 1.31. The van der Waals surface area contributed by atoms with E-state index in [9.17, 15) is 26.4 Å². The fourth-order valence-electron chi connectivity index (χ4n) is 3.68. The smallest absolute Gasteiger partial charge is 0.175 e. The molecule has 148 valence electrons. The highest BCUT2D eigenvalue weighted by Gasteiger charge is 2.45. The van der Waals surface area contributed by atoms with Gasteiger partial charge in [-0.15, -0.1) is 0 Å². The van der Waals surface area contributed by atoms with Crippen LogP contribution < -0.4 is 0 Å². The van der Waals surface area contributed by atoms with Crippen LogP contribution in [0.1, 0.15) is 30.9 Å². The van der Waals surface area contributed by atoms with Crippen LogP contribution in [0.25, 0.3) is 11.1 Å². The van der Waals surface area contributed by atoms with Crippen molar-refractivity contribution in [2.75, 3.05) is 12.9 Å². The Balaban J connectivity index is 2.28. The SMILES string of the molecule is CCC1(CF)CC(=O)C(c2ccc(F)c(F)c2)=C1c1ccc(S(C)(=O)=O)cc1. The number of hydrogen-bond donors (Lipinski definition) is 0. The lowest BCUT2D eigenvalue weighted by Crippen LogP contribution is -2.22. The predicted molar refractivity (Wildman–Crippen MR) is 101 cm³/mol. The van der Waals surface area contributed by atoms with E-state index in [1.54, 1.807) is 6.92 Å². The molecule has 0 bridgehead atoms. The quantitative estimate of drug-likeness (QED) is 0.726. The molecule has 0 N–H and O–H groups in total. The van der Waals surface area contributed by atoms with Gasteiger partial charge in [-0.3, -0.25) is 9.18 Å². The first-order valence-electron chi connectivity index (χ1n) is 8.73. The first-order valence-corrected chi connectivity index (χ1v) is 10.6. The van der Waals surface area contributed by atoms with Gasteiger partial charge in [0.1, 0.15) is 0 Å². The topological polar surface area (TPSA) is 51.2 Å². The molecule has 0 fully saturated rings. The molecule has 0 aliphatic heterocycles. The molecule has 2 aromatic carbocycles. The zero-order valence-corrected chi connectivity index (χ0v) is 16.2. The third kappa shape index (κ3) is 3.39. The summed E-state index contributed by atoms with van der Waals surface area (Å²) in [4.78, 5) is 12.9. The highest BCUT2D eigenvalue weighted by molar-refractivity contribution is 7.90. The number of rotatable bonds is 5. The maximum atomic E-state index is 14.1. The van der Waals surface area contributed by atoms with Crippen molar-refractivity contribution in [1.29, 1.82) is 0 Å². The van der Waals surface area contributed by atoms with E-state index in [0.717, 1.165) is 18.4 Å². The number of benzene rings is 2. The van der Waals surface area contributed by atoms with Crippen LogP contribution in [0.3, 0.4) is 0 Å². The molecule has 0 amide bonds. The molecule has 3 nitrogen and oxygen atoms in total. The molecule has 7 heteroatoms. The summed E-state index contributed by atoms with van der Waals surface area (Å²) >= 11 is 0. The summed E-state index contributed by atoms with van der Waals surface area (Å²) in [5.74, 6) is -2.49. The predicted octanol–water partition coefficient (Wildman–Crippen LogP) is 4.62. The second kappa shape index (κ2) is 7.20. The zero-order valence-electron chi connectivity index (χ0n) is 15.4. The van der Waals surface area contributed by atoms with Gasteiger partial charge in [0.15, 0.2) is 27.3 Å². The van der Waals surface area contributed by atoms with Gasteiger partial charge in [-0.25, -0.2) is 17.2 Å². The standard InChI is InChI=1S/C21H19F3O3S/c1-3-21(12-22)11-18(25)19(14-6-9-16(23)17(24)10-14)20(21)13-4-7-15(8-5-13)28(2,26)27/h4-10H,3,11-12H2,1-2H3. The van der Waals surface area contributed by atoms with Crippen LogP contribution >= 0.6 is 0 Å². The van der Waals surface area contributed by atoms with Crippen LogP contribution in [0.5, 0.6) is 0 Å². The summed E-state index contributed by atoms with van der Waals surface area (Å²) in [6.45, 7) is 0.956. The number of ketones is 1. The Bertz CT molecular complexity index is 1070. The highest BCUT2D eigenvalue weighted by Crippen LogP contribution is 2.52. The van der Waals surface area contributed by atoms with Crippen LogP contribution in [0.2, 0.25) is 0 Å². The monoisotopic (exact) mass is 408 g/mol. The highest BCUT2D eigenvalue weighted by atomic mass is 32.2. The average molecular weight is 408 g/mol. The van der Waals surface area contributed by atoms with Gasteiger partial charge in [0, 0.05) is 23.7 Å². The minimum Gasteiger partial charge on any atom is -0.294 e. The number of carbonyl (C=O) groups excluding carboxylic acids is 1. The van der Waals surface area contributed by atoms with Crippen molar-refractivity contribution in [3.8, 4) is 0 Å². The van der Waals surface area contributed by atoms with Gasteiger partial charge in [-0.2, -0.15) is 0 Å². The maximum absolute atomic E-state index is 14.1. The van der Waals surface area contributed by atoms with Crippen molar-refractivity contribution < 1.29 is 26.4 Å². The fourth-order valence-corrected chi connectivity index (χ4v) is 4.31. The molecule has 1 aliphatic rings. The van der Waals surface area contributed by atoms with E-state index in [2.05, 4.69) is 0 Å². The zero-order chi connectivity index (χ0) is 20.7. The molecule has 2 aromatic rings. The molecule has 0 heterocycles. The van der Waals surface area contributed by atoms with E-state index < -0.39 is 33.6 Å². The van der Waals surface area contributed by atoms with Crippen LogP contribution in [0, 0.1) is 17.0 Å². The summed E-state index contributed by atoms with van der Waals surface area (Å²) in [5, 5.41) is 0.